The zero-order chi connectivity index (χ0) is 33.3. The van der Waals surface area contributed by atoms with Crippen LogP contribution >= 0.6 is 0 Å². The molecule has 0 aromatic heterocycles. The van der Waals surface area contributed by atoms with E-state index in [2.05, 4.69) is 22.9 Å². The highest BCUT2D eigenvalue weighted by Crippen LogP contribution is 2.57. The highest BCUT2D eigenvalue weighted by molar-refractivity contribution is 7.89. The van der Waals surface area contributed by atoms with Crippen LogP contribution in [0.4, 0.5) is 0 Å². The summed E-state index contributed by atoms with van der Waals surface area (Å²) in [5.74, 6) is -0.837. The van der Waals surface area contributed by atoms with Crippen LogP contribution in [0.3, 0.4) is 0 Å². The number of nitrogens with one attached hydrogen (secondary N) is 1. The number of cyclic esters (lactones) is 1. The third-order valence-corrected chi connectivity index (χ3v) is 10.6. The molecule has 240 valence electrons. The maximum atomic E-state index is 14.2. The van der Waals surface area contributed by atoms with E-state index in [4.69, 9.17) is 9.47 Å². The molecule has 7 heteroatoms. The number of fused-ring (bicyclic) bond motifs is 3. The van der Waals surface area contributed by atoms with Gasteiger partial charge in [-0.1, -0.05) is 127 Å². The van der Waals surface area contributed by atoms with Gasteiger partial charge in [-0.3, -0.25) is 9.52 Å². The molecule has 48 heavy (non-hydrogen) atoms. The number of carbonyl (C=O) groups is 1. The number of esters is 1. The molecule has 0 unspecified atom stereocenters. The predicted molar refractivity (Wildman–Crippen MR) is 188 cm³/mol. The Kier molecular flexibility index (Phi) is 8.46. The molecular weight excluding hydrogens is 619 g/mol. The van der Waals surface area contributed by atoms with Gasteiger partial charge in [0, 0.05) is 28.9 Å². The van der Waals surface area contributed by atoms with Gasteiger partial charge < -0.3 is 9.47 Å². The topological polar surface area (TPSA) is 81.7 Å². The van der Waals surface area contributed by atoms with E-state index in [0.717, 1.165) is 27.8 Å². The molecule has 1 aliphatic heterocycles. The molecule has 1 heterocycles. The van der Waals surface area contributed by atoms with Crippen molar-refractivity contribution in [2.45, 2.75) is 29.6 Å². The van der Waals surface area contributed by atoms with Crippen LogP contribution < -0.4 is 9.46 Å². The lowest BCUT2D eigenvalue weighted by Crippen LogP contribution is -2.31. The summed E-state index contributed by atoms with van der Waals surface area (Å²) in [6, 6.07) is 41.6. The number of hydrogen-bond acceptors (Lipinski definition) is 5. The third kappa shape index (κ3) is 5.93. The first-order valence-corrected chi connectivity index (χ1v) is 17.4. The first-order valence-electron chi connectivity index (χ1n) is 15.9. The van der Waals surface area contributed by atoms with Crippen LogP contribution in [0.1, 0.15) is 51.1 Å². The second-order valence-corrected chi connectivity index (χ2v) is 13.8. The van der Waals surface area contributed by atoms with E-state index < -0.39 is 27.8 Å². The van der Waals surface area contributed by atoms with Crippen LogP contribution in [0.2, 0.25) is 0 Å². The smallest absolute Gasteiger partial charge is 0.315 e. The lowest BCUT2D eigenvalue weighted by atomic mass is 9.74. The maximum Gasteiger partial charge on any atom is 0.315 e. The number of para-hydroxylation sites is 1. The zero-order valence-corrected chi connectivity index (χ0v) is 27.4. The second-order valence-electron chi connectivity index (χ2n) is 12.2. The molecule has 0 fully saturated rings. The van der Waals surface area contributed by atoms with E-state index in [1.807, 2.05) is 110 Å². The minimum atomic E-state index is -3.97. The quantitative estimate of drug-likeness (QED) is 0.162. The van der Waals surface area contributed by atoms with Gasteiger partial charge >= 0.3 is 5.97 Å². The Bertz CT molecular complexity index is 2120. The molecule has 6 nitrogen and oxygen atoms in total. The number of carbonyl (C=O) groups excluding carboxylic acids is 1. The standard InChI is InChI=1S/C41H35NO5S/c1-27-21-23-30(24-22-27)48(44,45)42-36(28-13-5-3-6-14-28)25-34(32-18-11-12-20-37(32)46-2)39-33-19-10-9-17-31(33)35-26-38(47-41(43)40(35)39)29-15-7-4-8-16-29/h3-26,34-35,39-40,42H,1-2H3/b36-25-/t34-,35-,39+,40-/m0/s1. The van der Waals surface area contributed by atoms with Crippen LogP contribution in [0.15, 0.2) is 151 Å². The number of allylic oxidation sites excluding steroid dienone is 2. The van der Waals surface area contributed by atoms with Crippen molar-refractivity contribution < 1.29 is 22.7 Å². The van der Waals surface area contributed by atoms with Gasteiger partial charge in [0.05, 0.1) is 23.6 Å². The number of methoxy groups -OCH3 is 1. The molecule has 0 bridgehead atoms. The van der Waals surface area contributed by atoms with Crippen molar-refractivity contribution in [3.63, 3.8) is 0 Å². The Hall–Kier alpha value is -5.40. The van der Waals surface area contributed by atoms with Gasteiger partial charge in [0.1, 0.15) is 11.5 Å². The Balaban J connectivity index is 1.42. The summed E-state index contributed by atoms with van der Waals surface area (Å²) in [6.45, 7) is 1.91. The Labute approximate surface area is 281 Å². The molecule has 4 atom stereocenters. The molecule has 2 aliphatic rings. The van der Waals surface area contributed by atoms with Gasteiger partial charge in [0.2, 0.25) is 0 Å². The van der Waals surface area contributed by atoms with Crippen molar-refractivity contribution in [1.82, 2.24) is 4.72 Å². The van der Waals surface area contributed by atoms with E-state index in [9.17, 15) is 13.2 Å². The maximum absolute atomic E-state index is 14.2. The summed E-state index contributed by atoms with van der Waals surface area (Å²) in [7, 11) is -2.36. The molecule has 5 aromatic carbocycles. The van der Waals surface area contributed by atoms with Gasteiger partial charge in [0.25, 0.3) is 10.0 Å². The van der Waals surface area contributed by atoms with Gasteiger partial charge in [-0.05, 0) is 47.9 Å². The molecule has 0 saturated carbocycles. The number of benzene rings is 5. The number of aryl methyl sites for hydroxylation is 1. The molecule has 0 radical (unpaired) electrons. The highest BCUT2D eigenvalue weighted by atomic mass is 32.2. The van der Waals surface area contributed by atoms with Crippen molar-refractivity contribution in [3.8, 4) is 5.75 Å². The SMILES string of the molecule is COc1ccccc1[C@H](/C=C(\NS(=O)(=O)c1ccc(C)cc1)c1ccccc1)[C@H]1c2ccccc2[C@@H]2C=C(c3ccccc3)OC(=O)[C@H]12. The summed E-state index contributed by atoms with van der Waals surface area (Å²) in [4.78, 5) is 14.4. The predicted octanol–water partition coefficient (Wildman–Crippen LogP) is 8.20. The first-order chi connectivity index (χ1) is 23.3. The fourth-order valence-electron chi connectivity index (χ4n) is 7.00. The normalized spacial score (nSPS) is 19.4. The minimum absolute atomic E-state index is 0.157. The van der Waals surface area contributed by atoms with Crippen molar-refractivity contribution in [3.05, 3.63) is 179 Å². The summed E-state index contributed by atoms with van der Waals surface area (Å²) >= 11 is 0. The zero-order valence-electron chi connectivity index (χ0n) is 26.6. The Morgan fingerprint density at radius 2 is 1.42 bits per heavy atom. The molecule has 5 aromatic rings. The number of sulfonamides is 1. The van der Waals surface area contributed by atoms with Crippen LogP contribution in [0.25, 0.3) is 11.5 Å². The fraction of sp³-hybridized carbons (Fsp3) is 0.146. The molecule has 0 saturated heterocycles. The lowest BCUT2D eigenvalue weighted by molar-refractivity contribution is -0.143. The van der Waals surface area contributed by atoms with E-state index in [1.165, 1.54) is 0 Å². The molecular formula is C41H35NO5S. The van der Waals surface area contributed by atoms with E-state index in [-0.39, 0.29) is 16.8 Å². The number of rotatable bonds is 9. The van der Waals surface area contributed by atoms with Gasteiger partial charge in [-0.25, -0.2) is 8.42 Å². The summed E-state index contributed by atoms with van der Waals surface area (Å²) in [6.07, 6.45) is 3.99. The summed E-state index contributed by atoms with van der Waals surface area (Å²) in [5, 5.41) is 0. The average molecular weight is 654 g/mol. The van der Waals surface area contributed by atoms with E-state index in [0.29, 0.717) is 22.8 Å². The Morgan fingerprint density at radius 1 is 0.792 bits per heavy atom. The molecule has 0 spiro atoms. The average Bonchev–Trinajstić information content (AvgIpc) is 3.45. The van der Waals surface area contributed by atoms with Crippen molar-refractivity contribution in [2.75, 3.05) is 7.11 Å². The number of ether oxygens (including phenoxy) is 2. The Morgan fingerprint density at radius 3 is 2.12 bits per heavy atom. The van der Waals surface area contributed by atoms with Crippen molar-refractivity contribution in [2.24, 2.45) is 5.92 Å². The monoisotopic (exact) mass is 653 g/mol. The lowest BCUT2D eigenvalue weighted by Gasteiger charge is -2.32. The van der Waals surface area contributed by atoms with Crippen molar-refractivity contribution in [1.29, 1.82) is 0 Å². The van der Waals surface area contributed by atoms with Crippen LogP contribution in [0, 0.1) is 12.8 Å². The first kappa shape index (κ1) is 31.2. The van der Waals surface area contributed by atoms with Gasteiger partial charge in [-0.2, -0.15) is 0 Å². The second kappa shape index (κ2) is 13.0. The van der Waals surface area contributed by atoms with Gasteiger partial charge in [-0.15, -0.1) is 0 Å². The summed E-state index contributed by atoms with van der Waals surface area (Å²) in [5.41, 5.74) is 5.77. The third-order valence-electron chi connectivity index (χ3n) is 9.25. The van der Waals surface area contributed by atoms with Crippen LogP contribution in [-0.2, 0) is 19.6 Å². The molecule has 0 amide bonds. The van der Waals surface area contributed by atoms with E-state index >= 15 is 0 Å². The van der Waals surface area contributed by atoms with Crippen molar-refractivity contribution >= 4 is 27.4 Å². The highest BCUT2D eigenvalue weighted by Gasteiger charge is 2.50. The molecule has 7 rings (SSSR count). The number of hydrogen-bond donors (Lipinski definition) is 1. The van der Waals surface area contributed by atoms with Crippen LogP contribution in [0.5, 0.6) is 5.75 Å². The summed E-state index contributed by atoms with van der Waals surface area (Å²) < 4.78 is 42.6. The largest absolute Gasteiger partial charge is 0.496 e. The molecule has 1 aliphatic carbocycles. The minimum Gasteiger partial charge on any atom is -0.496 e. The van der Waals surface area contributed by atoms with E-state index in [1.54, 1.807) is 31.4 Å². The van der Waals surface area contributed by atoms with Gasteiger partial charge in [0.15, 0.2) is 0 Å². The fourth-order valence-corrected chi connectivity index (χ4v) is 8.09. The van der Waals surface area contributed by atoms with Crippen LogP contribution in [-0.4, -0.2) is 21.5 Å². The molecule has 1 N–H and O–H groups in total.